The number of carbonyl (C=O) groups is 1. The number of hydrogen-bond acceptors (Lipinski definition) is 3. The normalized spacial score (nSPS) is 10.2. The van der Waals surface area contributed by atoms with E-state index in [1.165, 1.54) is 4.90 Å². The lowest BCUT2D eigenvalue weighted by molar-refractivity contribution is -0.127. The van der Waals surface area contributed by atoms with Crippen molar-refractivity contribution < 1.29 is 9.32 Å². The van der Waals surface area contributed by atoms with Crippen molar-refractivity contribution in [3.05, 3.63) is 16.5 Å². The Balaban J connectivity index is 2.79. The van der Waals surface area contributed by atoms with Crippen molar-refractivity contribution in [3.63, 3.8) is 0 Å². The maximum absolute atomic E-state index is 11.3. The molecule has 1 rings (SSSR count). The molecule has 4 nitrogen and oxygen atoms in total. The molecule has 1 heterocycles. The number of aromatic nitrogens is 1. The van der Waals surface area contributed by atoms with Gasteiger partial charge in [-0.15, -0.1) is 0 Å². The Morgan fingerprint density at radius 1 is 1.62 bits per heavy atom. The molecule has 0 saturated carbocycles. The summed E-state index contributed by atoms with van der Waals surface area (Å²) in [6.07, 6.45) is 0.237. The third kappa shape index (κ3) is 2.21. The van der Waals surface area contributed by atoms with Gasteiger partial charge in [-0.3, -0.25) is 4.79 Å². The molecule has 1 aromatic heterocycles. The number of aryl methyl sites for hydroxylation is 1. The molecule has 0 radical (unpaired) electrons. The van der Waals surface area contributed by atoms with Crippen LogP contribution in [0.2, 0.25) is 5.22 Å². The number of carbonyl (C=O) groups excluding carboxylic acids is 1. The molecule has 13 heavy (non-hydrogen) atoms. The maximum atomic E-state index is 11.3. The largest absolute Gasteiger partial charge is 0.349 e. The summed E-state index contributed by atoms with van der Waals surface area (Å²) in [5.41, 5.74) is 1.33. The van der Waals surface area contributed by atoms with E-state index in [2.05, 4.69) is 5.16 Å². The van der Waals surface area contributed by atoms with Crippen molar-refractivity contribution >= 4 is 17.5 Å². The van der Waals surface area contributed by atoms with Crippen LogP contribution in [0.5, 0.6) is 0 Å². The van der Waals surface area contributed by atoms with Crippen LogP contribution in [0.1, 0.15) is 11.3 Å². The van der Waals surface area contributed by atoms with E-state index in [-0.39, 0.29) is 17.5 Å². The predicted molar refractivity (Wildman–Crippen MR) is 48.6 cm³/mol. The average molecular weight is 203 g/mol. The van der Waals surface area contributed by atoms with Gasteiger partial charge in [0.15, 0.2) is 0 Å². The van der Waals surface area contributed by atoms with Crippen LogP contribution in [0.15, 0.2) is 4.52 Å². The molecule has 0 aliphatic carbocycles. The molecule has 0 fully saturated rings. The van der Waals surface area contributed by atoms with Gasteiger partial charge in [-0.2, -0.15) is 0 Å². The molecule has 0 N–H and O–H groups in total. The van der Waals surface area contributed by atoms with Gasteiger partial charge in [-0.1, -0.05) is 5.16 Å². The predicted octanol–water partition coefficient (Wildman–Crippen LogP) is 1.27. The van der Waals surface area contributed by atoms with Crippen LogP contribution in [-0.4, -0.2) is 30.1 Å². The van der Waals surface area contributed by atoms with Crippen LogP contribution < -0.4 is 0 Å². The zero-order valence-corrected chi connectivity index (χ0v) is 8.55. The molecular weight excluding hydrogens is 192 g/mol. The number of hydrogen-bond donors (Lipinski definition) is 0. The van der Waals surface area contributed by atoms with Gasteiger partial charge in [-0.05, 0) is 18.5 Å². The zero-order chi connectivity index (χ0) is 10.0. The van der Waals surface area contributed by atoms with E-state index < -0.39 is 0 Å². The standard InChI is InChI=1S/C8H11ClN2O2/c1-5-6(8(9)13-10-5)4-7(12)11(2)3/h4H2,1-3H3. The van der Waals surface area contributed by atoms with E-state index in [0.29, 0.717) is 11.3 Å². The van der Waals surface area contributed by atoms with Crippen molar-refractivity contribution in [1.29, 1.82) is 0 Å². The van der Waals surface area contributed by atoms with Gasteiger partial charge in [-0.25, -0.2) is 0 Å². The molecular formula is C8H11ClN2O2. The summed E-state index contributed by atoms with van der Waals surface area (Å²) in [5.74, 6) is -0.0202. The first-order chi connectivity index (χ1) is 6.02. The molecule has 1 amide bonds. The Morgan fingerprint density at radius 2 is 2.23 bits per heavy atom. The van der Waals surface area contributed by atoms with Crippen molar-refractivity contribution in [3.8, 4) is 0 Å². The van der Waals surface area contributed by atoms with Gasteiger partial charge < -0.3 is 9.42 Å². The van der Waals surface area contributed by atoms with Gasteiger partial charge in [0, 0.05) is 19.7 Å². The van der Waals surface area contributed by atoms with E-state index in [4.69, 9.17) is 16.1 Å². The minimum Gasteiger partial charge on any atom is -0.349 e. The molecule has 1 aromatic rings. The van der Waals surface area contributed by atoms with Crippen LogP contribution in [0.3, 0.4) is 0 Å². The highest BCUT2D eigenvalue weighted by Crippen LogP contribution is 2.19. The average Bonchev–Trinajstić information content (AvgIpc) is 2.35. The summed E-state index contributed by atoms with van der Waals surface area (Å²) in [6, 6.07) is 0. The number of likely N-dealkylation sites (N-methyl/N-ethyl adjacent to an activating group) is 1. The second-order valence-corrected chi connectivity index (χ2v) is 3.33. The summed E-state index contributed by atoms with van der Waals surface area (Å²) in [7, 11) is 3.39. The molecule has 0 aromatic carbocycles. The van der Waals surface area contributed by atoms with Crippen molar-refractivity contribution in [2.75, 3.05) is 14.1 Å². The van der Waals surface area contributed by atoms with Crippen molar-refractivity contribution in [2.24, 2.45) is 0 Å². The highest BCUT2D eigenvalue weighted by atomic mass is 35.5. The maximum Gasteiger partial charge on any atom is 0.229 e. The number of nitrogens with zero attached hydrogens (tertiary/aromatic N) is 2. The monoisotopic (exact) mass is 202 g/mol. The van der Waals surface area contributed by atoms with Crippen LogP contribution in [0.25, 0.3) is 0 Å². The van der Waals surface area contributed by atoms with Crippen molar-refractivity contribution in [2.45, 2.75) is 13.3 Å². The van der Waals surface area contributed by atoms with E-state index in [1.54, 1.807) is 21.0 Å². The summed E-state index contributed by atoms with van der Waals surface area (Å²) in [6.45, 7) is 1.76. The Labute approximate surface area is 81.4 Å². The van der Waals surface area contributed by atoms with E-state index >= 15 is 0 Å². The fourth-order valence-corrected chi connectivity index (χ4v) is 1.11. The highest BCUT2D eigenvalue weighted by Gasteiger charge is 2.15. The molecule has 0 spiro atoms. The SMILES string of the molecule is Cc1noc(Cl)c1CC(=O)N(C)C. The lowest BCUT2D eigenvalue weighted by Crippen LogP contribution is -2.23. The van der Waals surface area contributed by atoms with Gasteiger partial charge in [0.2, 0.25) is 11.1 Å². The zero-order valence-electron chi connectivity index (χ0n) is 7.80. The van der Waals surface area contributed by atoms with Gasteiger partial charge >= 0.3 is 0 Å². The minimum atomic E-state index is -0.0202. The first-order valence-electron chi connectivity index (χ1n) is 3.83. The first kappa shape index (κ1) is 10.1. The van der Waals surface area contributed by atoms with Crippen molar-refractivity contribution in [1.82, 2.24) is 10.1 Å². The number of halogens is 1. The van der Waals surface area contributed by atoms with Gasteiger partial charge in [0.1, 0.15) is 0 Å². The van der Waals surface area contributed by atoms with Crippen LogP contribution >= 0.6 is 11.6 Å². The first-order valence-corrected chi connectivity index (χ1v) is 4.21. The number of rotatable bonds is 2. The topological polar surface area (TPSA) is 46.3 Å². The van der Waals surface area contributed by atoms with Gasteiger partial charge in [0.05, 0.1) is 12.1 Å². The smallest absolute Gasteiger partial charge is 0.229 e. The lowest BCUT2D eigenvalue weighted by Gasteiger charge is -2.08. The summed E-state index contributed by atoms with van der Waals surface area (Å²) < 4.78 is 4.72. The van der Waals surface area contributed by atoms with E-state index in [9.17, 15) is 4.79 Å². The second kappa shape index (κ2) is 3.79. The molecule has 0 bridgehead atoms. The number of amides is 1. The van der Waals surface area contributed by atoms with Gasteiger partial charge in [0.25, 0.3) is 0 Å². The van der Waals surface area contributed by atoms with E-state index in [0.717, 1.165) is 0 Å². The fourth-order valence-electron chi connectivity index (χ4n) is 0.868. The molecule has 0 unspecified atom stereocenters. The third-order valence-electron chi connectivity index (χ3n) is 1.76. The highest BCUT2D eigenvalue weighted by molar-refractivity contribution is 6.29. The molecule has 0 atom stereocenters. The third-order valence-corrected chi connectivity index (χ3v) is 2.06. The summed E-state index contributed by atoms with van der Waals surface area (Å²) in [5, 5.41) is 3.85. The molecule has 72 valence electrons. The van der Waals surface area contributed by atoms with Crippen LogP contribution in [0.4, 0.5) is 0 Å². The second-order valence-electron chi connectivity index (χ2n) is 2.99. The summed E-state index contributed by atoms with van der Waals surface area (Å²) >= 11 is 5.69. The van der Waals surface area contributed by atoms with E-state index in [1.807, 2.05) is 0 Å². The lowest BCUT2D eigenvalue weighted by atomic mass is 10.2. The molecule has 0 saturated heterocycles. The quantitative estimate of drug-likeness (QED) is 0.726. The van der Waals surface area contributed by atoms with Crippen LogP contribution in [-0.2, 0) is 11.2 Å². The Hall–Kier alpha value is -1.03. The minimum absolute atomic E-state index is 0.0202. The fraction of sp³-hybridized carbons (Fsp3) is 0.500. The molecule has 0 aliphatic rings. The Bertz CT molecular complexity index is 300. The molecule has 5 heteroatoms. The molecule has 0 aliphatic heterocycles. The summed E-state index contributed by atoms with van der Waals surface area (Å²) in [4.78, 5) is 12.8. The van der Waals surface area contributed by atoms with Crippen LogP contribution in [0, 0.1) is 6.92 Å². The Morgan fingerprint density at radius 3 is 2.62 bits per heavy atom. The Kier molecular flexibility index (Phi) is 2.93.